The second kappa shape index (κ2) is 5.70. The van der Waals surface area contributed by atoms with Crippen LogP contribution in [0.25, 0.3) is 0 Å². The van der Waals surface area contributed by atoms with E-state index in [0.717, 1.165) is 25.3 Å². The van der Waals surface area contributed by atoms with E-state index in [4.69, 9.17) is 5.73 Å². The lowest BCUT2D eigenvalue weighted by Crippen LogP contribution is -1.99. The van der Waals surface area contributed by atoms with E-state index in [0.29, 0.717) is 18.5 Å². The number of unbranched alkanes of at least 4 members (excludes halogenated alkanes) is 2. The van der Waals surface area contributed by atoms with Crippen molar-refractivity contribution >= 4 is 0 Å². The van der Waals surface area contributed by atoms with Gasteiger partial charge in [0.25, 0.3) is 0 Å². The molecule has 2 N–H and O–H groups in total. The second-order valence-electron chi connectivity index (χ2n) is 3.34. The van der Waals surface area contributed by atoms with Crippen LogP contribution in [0.5, 0.6) is 0 Å². The lowest BCUT2D eigenvalue weighted by Gasteiger charge is -2.02. The summed E-state index contributed by atoms with van der Waals surface area (Å²) in [4.78, 5) is 0. The van der Waals surface area contributed by atoms with Crippen LogP contribution in [0.4, 0.5) is 8.78 Å². The fourth-order valence-corrected chi connectivity index (χ4v) is 1.37. The van der Waals surface area contributed by atoms with Gasteiger partial charge in [-0.2, -0.15) is 0 Å². The topological polar surface area (TPSA) is 26.0 Å². The molecule has 0 atom stereocenters. The molecule has 0 bridgehead atoms. The average molecular weight is 199 g/mol. The Hall–Kier alpha value is -0.960. The lowest BCUT2D eigenvalue weighted by atomic mass is 10.1. The molecule has 1 nitrogen and oxygen atoms in total. The van der Waals surface area contributed by atoms with Crippen LogP contribution in [-0.2, 0) is 6.42 Å². The molecule has 0 amide bonds. The van der Waals surface area contributed by atoms with Crippen LogP contribution in [0.3, 0.4) is 0 Å². The molecule has 1 aromatic rings. The third kappa shape index (κ3) is 3.42. The molecular formula is C11H15F2N. The van der Waals surface area contributed by atoms with Gasteiger partial charge in [0, 0.05) is 0 Å². The number of hydrogen-bond donors (Lipinski definition) is 1. The molecule has 0 heterocycles. The van der Waals surface area contributed by atoms with Gasteiger partial charge in [-0.3, -0.25) is 0 Å². The van der Waals surface area contributed by atoms with Crippen molar-refractivity contribution in [2.24, 2.45) is 5.73 Å². The van der Waals surface area contributed by atoms with Gasteiger partial charge in [0.05, 0.1) is 0 Å². The molecule has 14 heavy (non-hydrogen) atoms. The summed E-state index contributed by atoms with van der Waals surface area (Å²) < 4.78 is 25.8. The highest BCUT2D eigenvalue weighted by Crippen LogP contribution is 2.12. The molecule has 0 aliphatic heterocycles. The van der Waals surface area contributed by atoms with Crippen molar-refractivity contribution in [3.63, 3.8) is 0 Å². The highest BCUT2D eigenvalue weighted by Gasteiger charge is 2.02. The van der Waals surface area contributed by atoms with E-state index in [2.05, 4.69) is 0 Å². The molecule has 0 aliphatic carbocycles. The van der Waals surface area contributed by atoms with Gasteiger partial charge in [-0.1, -0.05) is 6.42 Å². The molecule has 0 fully saturated rings. The number of hydrogen-bond acceptors (Lipinski definition) is 1. The van der Waals surface area contributed by atoms with Gasteiger partial charge in [-0.25, -0.2) is 8.78 Å². The van der Waals surface area contributed by atoms with Crippen LogP contribution in [0.15, 0.2) is 18.2 Å². The average Bonchev–Trinajstić information content (AvgIpc) is 2.18. The summed E-state index contributed by atoms with van der Waals surface area (Å²) in [6.45, 7) is 0.658. The molecular weight excluding hydrogens is 184 g/mol. The molecule has 3 heteroatoms. The van der Waals surface area contributed by atoms with Gasteiger partial charge in [0.15, 0.2) is 0 Å². The summed E-state index contributed by atoms with van der Waals surface area (Å²) in [5, 5.41) is 0. The van der Waals surface area contributed by atoms with E-state index in [1.54, 1.807) is 0 Å². The molecule has 1 rings (SSSR count). The van der Waals surface area contributed by atoms with Crippen molar-refractivity contribution in [1.29, 1.82) is 0 Å². The number of benzene rings is 1. The van der Waals surface area contributed by atoms with Gasteiger partial charge in [-0.15, -0.1) is 0 Å². The van der Waals surface area contributed by atoms with Crippen molar-refractivity contribution in [2.75, 3.05) is 6.54 Å². The first-order chi connectivity index (χ1) is 6.74. The van der Waals surface area contributed by atoms with Gasteiger partial charge in [0.1, 0.15) is 11.6 Å². The van der Waals surface area contributed by atoms with Crippen LogP contribution >= 0.6 is 0 Å². The van der Waals surface area contributed by atoms with Crippen molar-refractivity contribution in [2.45, 2.75) is 25.7 Å². The molecule has 78 valence electrons. The lowest BCUT2D eigenvalue weighted by molar-refractivity contribution is 0.575. The highest BCUT2D eigenvalue weighted by atomic mass is 19.1. The summed E-state index contributed by atoms with van der Waals surface area (Å²) in [5.74, 6) is -0.695. The maximum Gasteiger partial charge on any atom is 0.126 e. The minimum atomic E-state index is -0.375. The summed E-state index contributed by atoms with van der Waals surface area (Å²) in [6.07, 6.45) is 3.35. The standard InChI is InChI=1S/C11H15F2N/c12-10-5-6-11(13)9(8-10)4-2-1-3-7-14/h5-6,8H,1-4,7,14H2. The maximum absolute atomic E-state index is 13.1. The summed E-state index contributed by atoms with van der Waals surface area (Å²) in [5.41, 5.74) is 5.79. The Morgan fingerprint density at radius 3 is 2.57 bits per heavy atom. The minimum Gasteiger partial charge on any atom is -0.330 e. The van der Waals surface area contributed by atoms with Gasteiger partial charge >= 0.3 is 0 Å². The number of halogens is 2. The SMILES string of the molecule is NCCCCCc1cc(F)ccc1F. The van der Waals surface area contributed by atoms with Crippen molar-refractivity contribution in [3.8, 4) is 0 Å². The fourth-order valence-electron chi connectivity index (χ4n) is 1.37. The smallest absolute Gasteiger partial charge is 0.126 e. The first kappa shape index (κ1) is 11.1. The summed E-state index contributed by atoms with van der Waals surface area (Å²) in [7, 11) is 0. The predicted octanol–water partition coefficient (Wildman–Crippen LogP) is 2.64. The fraction of sp³-hybridized carbons (Fsp3) is 0.455. The van der Waals surface area contributed by atoms with Crippen LogP contribution in [0.1, 0.15) is 24.8 Å². The van der Waals surface area contributed by atoms with Crippen molar-refractivity contribution in [1.82, 2.24) is 0 Å². The number of nitrogens with two attached hydrogens (primary N) is 1. The van der Waals surface area contributed by atoms with Crippen molar-refractivity contribution < 1.29 is 8.78 Å². The van der Waals surface area contributed by atoms with Crippen LogP contribution < -0.4 is 5.73 Å². The minimum absolute atomic E-state index is 0.320. The second-order valence-corrected chi connectivity index (χ2v) is 3.34. The van der Waals surface area contributed by atoms with E-state index in [-0.39, 0.29) is 11.6 Å². The molecule has 0 unspecified atom stereocenters. The Labute approximate surface area is 82.9 Å². The zero-order valence-corrected chi connectivity index (χ0v) is 8.10. The third-order valence-corrected chi connectivity index (χ3v) is 2.16. The Morgan fingerprint density at radius 1 is 1.07 bits per heavy atom. The number of aryl methyl sites for hydroxylation is 1. The largest absolute Gasteiger partial charge is 0.330 e. The molecule has 0 radical (unpaired) electrons. The van der Waals surface area contributed by atoms with E-state index < -0.39 is 0 Å². The first-order valence-electron chi connectivity index (χ1n) is 4.88. The van der Waals surface area contributed by atoms with Crippen LogP contribution in [-0.4, -0.2) is 6.54 Å². The highest BCUT2D eigenvalue weighted by molar-refractivity contribution is 5.18. The Morgan fingerprint density at radius 2 is 1.86 bits per heavy atom. The summed E-state index contributed by atoms with van der Waals surface area (Å²) in [6, 6.07) is 3.57. The van der Waals surface area contributed by atoms with Crippen LogP contribution in [0, 0.1) is 11.6 Å². The zero-order valence-electron chi connectivity index (χ0n) is 8.10. The van der Waals surface area contributed by atoms with Crippen molar-refractivity contribution in [3.05, 3.63) is 35.4 Å². The van der Waals surface area contributed by atoms with E-state index in [9.17, 15) is 8.78 Å². The summed E-state index contributed by atoms with van der Waals surface area (Å²) >= 11 is 0. The first-order valence-corrected chi connectivity index (χ1v) is 4.88. The van der Waals surface area contributed by atoms with Gasteiger partial charge < -0.3 is 5.73 Å². The van der Waals surface area contributed by atoms with E-state index in [1.165, 1.54) is 12.1 Å². The van der Waals surface area contributed by atoms with E-state index in [1.807, 2.05) is 0 Å². The Balaban J connectivity index is 2.45. The Kier molecular flexibility index (Phi) is 4.53. The molecule has 1 aromatic carbocycles. The quantitative estimate of drug-likeness (QED) is 0.725. The van der Waals surface area contributed by atoms with Crippen LogP contribution in [0.2, 0.25) is 0 Å². The normalized spacial score (nSPS) is 10.5. The van der Waals surface area contributed by atoms with Gasteiger partial charge in [0.2, 0.25) is 0 Å². The number of rotatable bonds is 5. The molecule has 0 spiro atoms. The predicted molar refractivity (Wildman–Crippen MR) is 53.0 cm³/mol. The molecule has 0 aliphatic rings. The molecule has 0 aromatic heterocycles. The zero-order chi connectivity index (χ0) is 10.4. The van der Waals surface area contributed by atoms with Gasteiger partial charge in [-0.05, 0) is 49.6 Å². The third-order valence-electron chi connectivity index (χ3n) is 2.16. The monoisotopic (exact) mass is 199 g/mol. The maximum atomic E-state index is 13.1. The van der Waals surface area contributed by atoms with E-state index >= 15 is 0 Å². The molecule has 0 saturated carbocycles. The Bertz CT molecular complexity index is 287. The molecule has 0 saturated heterocycles.